The Morgan fingerprint density at radius 2 is 2.33 bits per heavy atom. The Balaban J connectivity index is 1.88. The van der Waals surface area contributed by atoms with E-state index in [-0.39, 0.29) is 6.10 Å². The van der Waals surface area contributed by atoms with Crippen molar-refractivity contribution in [2.24, 2.45) is 0 Å². The zero-order valence-electron chi connectivity index (χ0n) is 6.98. The van der Waals surface area contributed by atoms with E-state index in [0.717, 1.165) is 19.4 Å². The molecule has 1 atom stereocenters. The van der Waals surface area contributed by atoms with Crippen LogP contribution in [0.4, 0.5) is 0 Å². The molecule has 1 unspecified atom stereocenters. The fourth-order valence-corrected chi connectivity index (χ4v) is 1.43. The lowest BCUT2D eigenvalue weighted by atomic mass is 10.2. The van der Waals surface area contributed by atoms with Crippen LogP contribution in [0, 0.1) is 0 Å². The van der Waals surface area contributed by atoms with Gasteiger partial charge >= 0.3 is 0 Å². The van der Waals surface area contributed by atoms with Crippen LogP contribution in [-0.2, 0) is 9.47 Å². The van der Waals surface area contributed by atoms with Crippen molar-refractivity contribution < 1.29 is 19.3 Å². The summed E-state index contributed by atoms with van der Waals surface area (Å²) >= 11 is 0. The average Bonchev–Trinajstić information content (AvgIpc) is 2.49. The molecule has 1 heterocycles. The predicted octanol–water partition coefficient (Wildman–Crippen LogP) is 0.478. The summed E-state index contributed by atoms with van der Waals surface area (Å²) in [6.45, 7) is 1.84. The minimum Gasteiger partial charge on any atom is -0.378 e. The number of hydrogen-bond acceptors (Lipinski definition) is 4. The second-order valence-corrected chi connectivity index (χ2v) is 4.00. The van der Waals surface area contributed by atoms with E-state index in [1.54, 1.807) is 0 Å². The Morgan fingerprint density at radius 1 is 1.50 bits per heavy atom. The monoisotopic (exact) mass is 194 g/mol. The Morgan fingerprint density at radius 3 is 2.92 bits per heavy atom. The third-order valence-corrected chi connectivity index (χ3v) is 2.35. The van der Waals surface area contributed by atoms with Crippen LogP contribution in [0.2, 0.25) is 0 Å². The second kappa shape index (κ2) is 5.84. The SMILES string of the molecule is OP(O)CCOCC1CCCO1. The summed E-state index contributed by atoms with van der Waals surface area (Å²) in [6.07, 6.45) is 2.74. The van der Waals surface area contributed by atoms with Crippen molar-refractivity contribution in [3.05, 3.63) is 0 Å². The van der Waals surface area contributed by atoms with Gasteiger partial charge in [-0.3, -0.25) is 0 Å². The lowest BCUT2D eigenvalue weighted by Crippen LogP contribution is -2.15. The van der Waals surface area contributed by atoms with Crippen LogP contribution in [0.1, 0.15) is 12.8 Å². The van der Waals surface area contributed by atoms with E-state index < -0.39 is 8.38 Å². The van der Waals surface area contributed by atoms with Gasteiger partial charge in [0.15, 0.2) is 8.38 Å². The van der Waals surface area contributed by atoms with E-state index in [4.69, 9.17) is 19.3 Å². The van der Waals surface area contributed by atoms with Crippen molar-refractivity contribution >= 4 is 8.38 Å². The molecule has 12 heavy (non-hydrogen) atoms. The lowest BCUT2D eigenvalue weighted by molar-refractivity contribution is 0.0219. The second-order valence-electron chi connectivity index (χ2n) is 2.81. The van der Waals surface area contributed by atoms with E-state index >= 15 is 0 Å². The van der Waals surface area contributed by atoms with Crippen LogP contribution < -0.4 is 0 Å². The van der Waals surface area contributed by atoms with Crippen LogP contribution in [0.3, 0.4) is 0 Å². The normalized spacial score (nSPS) is 23.8. The molecule has 1 rings (SSSR count). The maximum Gasteiger partial charge on any atom is 0.167 e. The molecule has 0 saturated carbocycles. The molecule has 0 radical (unpaired) electrons. The average molecular weight is 194 g/mol. The first-order valence-electron chi connectivity index (χ1n) is 4.13. The molecule has 0 spiro atoms. The standard InChI is InChI=1S/C7H15O4P/c8-12(9)5-4-10-6-7-2-1-3-11-7/h7-9H,1-6H2. The summed E-state index contributed by atoms with van der Waals surface area (Å²) in [5, 5.41) is 0. The molecule has 4 nitrogen and oxygen atoms in total. The molecule has 1 saturated heterocycles. The Hall–Kier alpha value is 0.270. The van der Waals surface area contributed by atoms with E-state index in [1.165, 1.54) is 0 Å². The van der Waals surface area contributed by atoms with Gasteiger partial charge in [0, 0.05) is 12.8 Å². The molecule has 1 aliphatic rings. The molecule has 0 aliphatic carbocycles. The Kier molecular flexibility index (Phi) is 5.04. The first kappa shape index (κ1) is 10.4. The van der Waals surface area contributed by atoms with E-state index in [2.05, 4.69) is 0 Å². The molecule has 5 heteroatoms. The molecule has 72 valence electrons. The maximum absolute atomic E-state index is 8.55. The predicted molar refractivity (Wildman–Crippen MR) is 46.0 cm³/mol. The van der Waals surface area contributed by atoms with Crippen molar-refractivity contribution in [1.29, 1.82) is 0 Å². The minimum absolute atomic E-state index is 0.230. The fourth-order valence-electron chi connectivity index (χ4n) is 1.14. The van der Waals surface area contributed by atoms with Crippen LogP contribution in [-0.4, -0.2) is 41.9 Å². The quantitative estimate of drug-likeness (QED) is 0.493. The van der Waals surface area contributed by atoms with E-state index in [9.17, 15) is 0 Å². The van der Waals surface area contributed by atoms with Crippen LogP contribution in [0.15, 0.2) is 0 Å². The molecule has 0 bridgehead atoms. The summed E-state index contributed by atoms with van der Waals surface area (Å²) < 4.78 is 10.5. The van der Waals surface area contributed by atoms with Gasteiger partial charge < -0.3 is 19.3 Å². The number of hydrogen-bond donors (Lipinski definition) is 2. The smallest absolute Gasteiger partial charge is 0.167 e. The molecule has 1 fully saturated rings. The molecule has 0 aromatic carbocycles. The highest BCUT2D eigenvalue weighted by Crippen LogP contribution is 2.21. The summed E-state index contributed by atoms with van der Waals surface area (Å²) in [7, 11) is -1.79. The molecule has 0 aromatic rings. The van der Waals surface area contributed by atoms with Gasteiger partial charge in [-0.2, -0.15) is 0 Å². The van der Waals surface area contributed by atoms with Crippen LogP contribution >= 0.6 is 8.38 Å². The third-order valence-electron chi connectivity index (χ3n) is 1.76. The van der Waals surface area contributed by atoms with Gasteiger partial charge in [-0.25, -0.2) is 0 Å². The van der Waals surface area contributed by atoms with Gasteiger partial charge in [-0.1, -0.05) is 0 Å². The number of ether oxygens (including phenoxy) is 2. The third kappa shape index (κ3) is 4.33. The Labute approximate surface area is 73.4 Å². The highest BCUT2D eigenvalue weighted by Gasteiger charge is 2.15. The minimum atomic E-state index is -1.79. The molecule has 2 N–H and O–H groups in total. The summed E-state index contributed by atoms with van der Waals surface area (Å²) in [5.41, 5.74) is 0. The first-order valence-corrected chi connectivity index (χ1v) is 5.57. The summed E-state index contributed by atoms with van der Waals surface area (Å²) in [5.74, 6) is 0. The zero-order valence-corrected chi connectivity index (χ0v) is 7.87. The number of rotatable bonds is 5. The molecular formula is C7H15O4P. The first-order chi connectivity index (χ1) is 5.79. The van der Waals surface area contributed by atoms with Gasteiger partial charge in [-0.05, 0) is 12.8 Å². The van der Waals surface area contributed by atoms with Crippen LogP contribution in [0.5, 0.6) is 0 Å². The van der Waals surface area contributed by atoms with Gasteiger partial charge in [0.1, 0.15) is 0 Å². The fraction of sp³-hybridized carbons (Fsp3) is 1.00. The van der Waals surface area contributed by atoms with Gasteiger partial charge in [0.2, 0.25) is 0 Å². The highest BCUT2D eigenvalue weighted by molar-refractivity contribution is 7.45. The van der Waals surface area contributed by atoms with Gasteiger partial charge in [0.25, 0.3) is 0 Å². The summed E-state index contributed by atoms with van der Waals surface area (Å²) in [4.78, 5) is 17.1. The topological polar surface area (TPSA) is 58.9 Å². The molecule has 0 aromatic heterocycles. The van der Waals surface area contributed by atoms with Crippen molar-refractivity contribution in [3.8, 4) is 0 Å². The molecule has 1 aliphatic heterocycles. The van der Waals surface area contributed by atoms with Crippen LogP contribution in [0.25, 0.3) is 0 Å². The van der Waals surface area contributed by atoms with Crippen molar-refractivity contribution in [2.45, 2.75) is 18.9 Å². The Bertz CT molecular complexity index is 114. The molecule has 0 amide bonds. The molecular weight excluding hydrogens is 179 g/mol. The maximum atomic E-state index is 8.55. The van der Waals surface area contributed by atoms with Crippen molar-refractivity contribution in [1.82, 2.24) is 0 Å². The lowest BCUT2D eigenvalue weighted by Gasteiger charge is -2.09. The van der Waals surface area contributed by atoms with E-state index in [1.807, 2.05) is 0 Å². The van der Waals surface area contributed by atoms with Gasteiger partial charge in [0.05, 0.1) is 19.3 Å². The van der Waals surface area contributed by atoms with E-state index in [0.29, 0.717) is 19.4 Å². The zero-order chi connectivity index (χ0) is 8.81. The largest absolute Gasteiger partial charge is 0.378 e. The highest BCUT2D eigenvalue weighted by atomic mass is 31.2. The van der Waals surface area contributed by atoms with Crippen molar-refractivity contribution in [3.63, 3.8) is 0 Å². The van der Waals surface area contributed by atoms with Crippen molar-refractivity contribution in [2.75, 3.05) is 26.0 Å². The summed E-state index contributed by atoms with van der Waals surface area (Å²) in [6, 6.07) is 0. The van der Waals surface area contributed by atoms with Gasteiger partial charge in [-0.15, -0.1) is 0 Å².